The molecule has 3 N–H and O–H groups in total. The third-order valence-corrected chi connectivity index (χ3v) is 5.09. The van der Waals surface area contributed by atoms with Crippen molar-refractivity contribution in [3.63, 3.8) is 0 Å². The molecule has 4 aromatic rings. The number of para-hydroxylation sites is 2. The number of aromatic nitrogens is 1. The number of hydrogen-bond acceptors (Lipinski definition) is 2. The van der Waals surface area contributed by atoms with Gasteiger partial charge in [0.2, 0.25) is 5.91 Å². The Bertz CT molecular complexity index is 1230. The topological polar surface area (TPSA) is 74.0 Å². The minimum absolute atomic E-state index is 0.166. The molecule has 0 spiro atoms. The third kappa shape index (κ3) is 4.10. The average Bonchev–Trinajstić information content (AvgIpc) is 3.03. The third-order valence-electron chi connectivity index (χ3n) is 5.09. The molecule has 0 unspecified atom stereocenters. The van der Waals surface area contributed by atoms with E-state index in [9.17, 15) is 9.59 Å². The lowest BCUT2D eigenvalue weighted by Gasteiger charge is -2.12. The fraction of sp³-hybridized carbons (Fsp3) is 0.120. The number of aryl methyl sites for hydroxylation is 2. The first-order valence-corrected chi connectivity index (χ1v) is 9.84. The fourth-order valence-electron chi connectivity index (χ4n) is 3.59. The Morgan fingerprint density at radius 2 is 1.60 bits per heavy atom. The number of carbonyl (C=O) groups excluding carboxylic acids is 2. The van der Waals surface area contributed by atoms with E-state index in [4.69, 9.17) is 0 Å². The molecular formula is C25H23N3O2. The van der Waals surface area contributed by atoms with E-state index in [-0.39, 0.29) is 18.2 Å². The Balaban J connectivity index is 1.54. The molecule has 0 aliphatic carbocycles. The number of aromatic amines is 1. The molecule has 0 aliphatic rings. The Morgan fingerprint density at radius 3 is 2.40 bits per heavy atom. The van der Waals surface area contributed by atoms with Crippen LogP contribution in [0.5, 0.6) is 0 Å². The maximum absolute atomic E-state index is 12.8. The van der Waals surface area contributed by atoms with Gasteiger partial charge in [0.25, 0.3) is 5.91 Å². The number of anilines is 2. The van der Waals surface area contributed by atoms with Crippen LogP contribution in [0.15, 0.2) is 72.8 Å². The maximum Gasteiger partial charge on any atom is 0.257 e. The van der Waals surface area contributed by atoms with Crippen LogP contribution < -0.4 is 10.6 Å². The number of rotatable bonds is 5. The average molecular weight is 397 g/mol. The lowest BCUT2D eigenvalue weighted by molar-refractivity contribution is -0.115. The quantitative estimate of drug-likeness (QED) is 0.432. The van der Waals surface area contributed by atoms with Crippen molar-refractivity contribution in [1.29, 1.82) is 0 Å². The SMILES string of the molecule is Cc1ccc2[nH]c(C)c(CC(=O)Nc3ccccc3C(=O)Nc3ccccc3)c2c1. The molecule has 4 rings (SSSR count). The summed E-state index contributed by atoms with van der Waals surface area (Å²) in [6.07, 6.45) is 0.226. The Hall–Kier alpha value is -3.86. The number of amides is 2. The predicted molar refractivity (Wildman–Crippen MR) is 121 cm³/mol. The molecule has 0 atom stereocenters. The summed E-state index contributed by atoms with van der Waals surface area (Å²) in [6.45, 7) is 4.01. The van der Waals surface area contributed by atoms with Crippen molar-refractivity contribution in [2.24, 2.45) is 0 Å². The minimum atomic E-state index is -0.268. The first kappa shape index (κ1) is 19.5. The van der Waals surface area contributed by atoms with E-state index in [1.54, 1.807) is 24.3 Å². The molecule has 0 saturated carbocycles. The molecule has 1 heterocycles. The van der Waals surface area contributed by atoms with E-state index < -0.39 is 0 Å². The Morgan fingerprint density at radius 1 is 0.867 bits per heavy atom. The lowest BCUT2D eigenvalue weighted by atomic mass is 10.1. The number of fused-ring (bicyclic) bond motifs is 1. The monoisotopic (exact) mass is 397 g/mol. The minimum Gasteiger partial charge on any atom is -0.358 e. The molecule has 0 aliphatic heterocycles. The number of H-pyrrole nitrogens is 1. The molecule has 5 nitrogen and oxygen atoms in total. The zero-order valence-electron chi connectivity index (χ0n) is 17.0. The van der Waals surface area contributed by atoms with Crippen molar-refractivity contribution in [2.45, 2.75) is 20.3 Å². The molecule has 3 aromatic carbocycles. The van der Waals surface area contributed by atoms with Crippen LogP contribution in [0.25, 0.3) is 10.9 Å². The van der Waals surface area contributed by atoms with Crippen molar-refractivity contribution in [3.8, 4) is 0 Å². The molecule has 1 aromatic heterocycles. The van der Waals surface area contributed by atoms with Crippen molar-refractivity contribution in [1.82, 2.24) is 4.98 Å². The number of hydrogen-bond donors (Lipinski definition) is 3. The van der Waals surface area contributed by atoms with Crippen LogP contribution in [-0.4, -0.2) is 16.8 Å². The largest absolute Gasteiger partial charge is 0.358 e. The van der Waals surface area contributed by atoms with E-state index in [0.717, 1.165) is 27.7 Å². The highest BCUT2D eigenvalue weighted by atomic mass is 16.2. The van der Waals surface area contributed by atoms with Crippen LogP contribution in [0, 0.1) is 13.8 Å². The predicted octanol–water partition coefficient (Wildman–Crippen LogP) is 5.22. The van der Waals surface area contributed by atoms with Gasteiger partial charge in [0, 0.05) is 22.3 Å². The van der Waals surface area contributed by atoms with Crippen LogP contribution >= 0.6 is 0 Å². The van der Waals surface area contributed by atoms with Gasteiger partial charge < -0.3 is 15.6 Å². The summed E-state index contributed by atoms with van der Waals surface area (Å²) >= 11 is 0. The first-order valence-electron chi connectivity index (χ1n) is 9.84. The number of carbonyl (C=O) groups is 2. The second-order valence-corrected chi connectivity index (χ2v) is 7.37. The highest BCUT2D eigenvalue weighted by Crippen LogP contribution is 2.25. The Kier molecular flexibility index (Phi) is 5.35. The Labute approximate surface area is 175 Å². The van der Waals surface area contributed by atoms with Crippen molar-refractivity contribution in [3.05, 3.63) is 95.2 Å². The molecule has 0 bridgehead atoms. The van der Waals surface area contributed by atoms with Gasteiger partial charge in [-0.1, -0.05) is 42.0 Å². The van der Waals surface area contributed by atoms with Gasteiger partial charge in [0.15, 0.2) is 0 Å². The van der Waals surface area contributed by atoms with Crippen LogP contribution in [0.3, 0.4) is 0 Å². The summed E-state index contributed by atoms with van der Waals surface area (Å²) < 4.78 is 0. The second kappa shape index (κ2) is 8.25. The lowest BCUT2D eigenvalue weighted by Crippen LogP contribution is -2.19. The maximum atomic E-state index is 12.8. The molecule has 0 radical (unpaired) electrons. The first-order chi connectivity index (χ1) is 14.5. The van der Waals surface area contributed by atoms with E-state index in [0.29, 0.717) is 16.9 Å². The zero-order chi connectivity index (χ0) is 21.1. The van der Waals surface area contributed by atoms with Crippen LogP contribution in [0.1, 0.15) is 27.2 Å². The van der Waals surface area contributed by atoms with Gasteiger partial charge in [-0.2, -0.15) is 0 Å². The number of nitrogens with one attached hydrogen (secondary N) is 3. The molecule has 2 amide bonds. The molecule has 0 saturated heterocycles. The smallest absolute Gasteiger partial charge is 0.257 e. The van der Waals surface area contributed by atoms with E-state index >= 15 is 0 Å². The van der Waals surface area contributed by atoms with Gasteiger partial charge in [-0.15, -0.1) is 0 Å². The van der Waals surface area contributed by atoms with Gasteiger partial charge in [-0.25, -0.2) is 0 Å². The van der Waals surface area contributed by atoms with Crippen LogP contribution in [0.2, 0.25) is 0 Å². The zero-order valence-corrected chi connectivity index (χ0v) is 17.0. The van der Waals surface area contributed by atoms with Gasteiger partial charge >= 0.3 is 0 Å². The summed E-state index contributed by atoms with van der Waals surface area (Å²) in [7, 11) is 0. The van der Waals surface area contributed by atoms with E-state index in [1.165, 1.54) is 0 Å². The molecule has 5 heteroatoms. The molecule has 0 fully saturated rings. The highest BCUT2D eigenvalue weighted by Gasteiger charge is 2.16. The summed E-state index contributed by atoms with van der Waals surface area (Å²) in [5, 5.41) is 6.82. The van der Waals surface area contributed by atoms with Gasteiger partial charge in [0.1, 0.15) is 0 Å². The van der Waals surface area contributed by atoms with E-state index in [2.05, 4.69) is 21.7 Å². The van der Waals surface area contributed by atoms with Crippen LogP contribution in [-0.2, 0) is 11.2 Å². The summed E-state index contributed by atoms with van der Waals surface area (Å²) in [4.78, 5) is 28.9. The molecular weight excluding hydrogens is 374 g/mol. The van der Waals surface area contributed by atoms with E-state index in [1.807, 2.05) is 56.3 Å². The van der Waals surface area contributed by atoms with Crippen molar-refractivity contribution in [2.75, 3.05) is 10.6 Å². The fourth-order valence-corrected chi connectivity index (χ4v) is 3.59. The molecule has 30 heavy (non-hydrogen) atoms. The van der Waals surface area contributed by atoms with Crippen molar-refractivity contribution >= 4 is 34.1 Å². The summed E-state index contributed by atoms with van der Waals surface area (Å²) in [6, 6.07) is 22.4. The molecule has 150 valence electrons. The second-order valence-electron chi connectivity index (χ2n) is 7.37. The highest BCUT2D eigenvalue weighted by molar-refractivity contribution is 6.10. The summed E-state index contributed by atoms with van der Waals surface area (Å²) in [5.74, 6) is -0.434. The standard InChI is InChI=1S/C25H23N3O2/c1-16-12-13-23-21(14-16)20(17(2)26-23)15-24(29)28-22-11-7-6-10-19(22)25(30)27-18-8-4-3-5-9-18/h3-14,26H,15H2,1-2H3,(H,27,30)(H,28,29). The van der Waals surface area contributed by atoms with Gasteiger partial charge in [-0.05, 0) is 55.8 Å². The normalized spacial score (nSPS) is 10.7. The van der Waals surface area contributed by atoms with Gasteiger partial charge in [0.05, 0.1) is 17.7 Å². The van der Waals surface area contributed by atoms with Crippen molar-refractivity contribution < 1.29 is 9.59 Å². The number of benzene rings is 3. The van der Waals surface area contributed by atoms with Gasteiger partial charge in [-0.3, -0.25) is 9.59 Å². The van der Waals surface area contributed by atoms with Crippen LogP contribution in [0.4, 0.5) is 11.4 Å². The summed E-state index contributed by atoms with van der Waals surface area (Å²) in [5.41, 5.74) is 5.71.